The van der Waals surface area contributed by atoms with Gasteiger partial charge in [-0.3, -0.25) is 9.59 Å². The van der Waals surface area contributed by atoms with Crippen molar-refractivity contribution in [3.05, 3.63) is 64.3 Å². The molecule has 0 aliphatic carbocycles. The molecule has 5 heteroatoms. The Kier molecular flexibility index (Phi) is 3.85. The van der Waals surface area contributed by atoms with Crippen molar-refractivity contribution in [1.29, 1.82) is 0 Å². The van der Waals surface area contributed by atoms with Crippen LogP contribution in [0.25, 0.3) is 22.3 Å². The fraction of sp³-hybridized carbons (Fsp3) is 0.111. The summed E-state index contributed by atoms with van der Waals surface area (Å²) in [6.45, 7) is 0. The molecule has 0 unspecified atom stereocenters. The number of carbonyl (C=O) groups excluding carboxylic acids is 1. The molecular weight excluding hydrogens is 296 g/mol. The SMILES string of the molecule is COC(=O)Cc1cc(O)cc2oc(-c3ccccc3)cc(=O)c12. The number of methoxy groups -OCH3 is 1. The zero-order valence-corrected chi connectivity index (χ0v) is 12.4. The molecular formula is C18H14O5. The fourth-order valence-electron chi connectivity index (χ4n) is 2.47. The van der Waals surface area contributed by atoms with Gasteiger partial charge in [0, 0.05) is 17.7 Å². The van der Waals surface area contributed by atoms with Crippen LogP contribution in [0.4, 0.5) is 0 Å². The average molecular weight is 310 g/mol. The third kappa shape index (κ3) is 2.94. The van der Waals surface area contributed by atoms with E-state index >= 15 is 0 Å². The number of phenols is 1. The highest BCUT2D eigenvalue weighted by Gasteiger charge is 2.15. The van der Waals surface area contributed by atoms with Crippen LogP contribution < -0.4 is 5.43 Å². The first-order valence-electron chi connectivity index (χ1n) is 7.00. The number of ether oxygens (including phenoxy) is 1. The monoisotopic (exact) mass is 310 g/mol. The first kappa shape index (κ1) is 14.8. The van der Waals surface area contributed by atoms with E-state index in [9.17, 15) is 14.7 Å². The fourth-order valence-corrected chi connectivity index (χ4v) is 2.47. The Bertz CT molecular complexity index is 925. The van der Waals surface area contributed by atoms with Crippen molar-refractivity contribution < 1.29 is 19.1 Å². The van der Waals surface area contributed by atoms with Crippen LogP contribution in [-0.4, -0.2) is 18.2 Å². The van der Waals surface area contributed by atoms with Gasteiger partial charge in [-0.05, 0) is 11.6 Å². The summed E-state index contributed by atoms with van der Waals surface area (Å²) >= 11 is 0. The van der Waals surface area contributed by atoms with Crippen molar-refractivity contribution in [1.82, 2.24) is 0 Å². The minimum atomic E-state index is -0.497. The summed E-state index contributed by atoms with van der Waals surface area (Å²) in [7, 11) is 1.27. The summed E-state index contributed by atoms with van der Waals surface area (Å²) in [5.74, 6) is -0.175. The standard InChI is InChI=1S/C18H14O5/c1-22-17(21)8-12-7-13(19)9-16-18(12)14(20)10-15(23-16)11-5-3-2-4-6-11/h2-7,9-10,19H,8H2,1H3. The first-order valence-corrected chi connectivity index (χ1v) is 7.00. The second-order valence-corrected chi connectivity index (χ2v) is 5.07. The molecule has 0 amide bonds. The molecule has 1 heterocycles. The van der Waals surface area contributed by atoms with E-state index < -0.39 is 5.97 Å². The molecule has 1 aromatic heterocycles. The maximum atomic E-state index is 12.5. The van der Waals surface area contributed by atoms with Gasteiger partial charge in [0.15, 0.2) is 5.43 Å². The number of hydrogen-bond donors (Lipinski definition) is 1. The molecule has 23 heavy (non-hydrogen) atoms. The molecule has 2 aromatic carbocycles. The number of esters is 1. The zero-order chi connectivity index (χ0) is 16.4. The predicted molar refractivity (Wildman–Crippen MR) is 85.3 cm³/mol. The van der Waals surface area contributed by atoms with Crippen LogP contribution in [0.5, 0.6) is 5.75 Å². The third-order valence-corrected chi connectivity index (χ3v) is 3.52. The van der Waals surface area contributed by atoms with Crippen LogP contribution in [0.3, 0.4) is 0 Å². The van der Waals surface area contributed by atoms with Gasteiger partial charge in [-0.1, -0.05) is 30.3 Å². The van der Waals surface area contributed by atoms with Gasteiger partial charge >= 0.3 is 5.97 Å². The van der Waals surface area contributed by atoms with Crippen LogP contribution in [0.1, 0.15) is 5.56 Å². The molecule has 0 atom stereocenters. The molecule has 116 valence electrons. The number of rotatable bonds is 3. The highest BCUT2D eigenvalue weighted by Crippen LogP contribution is 2.27. The minimum absolute atomic E-state index is 0.0789. The lowest BCUT2D eigenvalue weighted by Gasteiger charge is -2.08. The Hall–Kier alpha value is -3.08. The van der Waals surface area contributed by atoms with E-state index in [-0.39, 0.29) is 28.6 Å². The number of fused-ring (bicyclic) bond motifs is 1. The summed E-state index contributed by atoms with van der Waals surface area (Å²) in [5, 5.41) is 10.1. The number of benzene rings is 2. The largest absolute Gasteiger partial charge is 0.508 e. The van der Waals surface area contributed by atoms with Gasteiger partial charge in [0.05, 0.1) is 18.9 Å². The predicted octanol–water partition coefficient (Wildman–Crippen LogP) is 2.88. The van der Waals surface area contributed by atoms with Gasteiger partial charge in [0.2, 0.25) is 0 Å². The van der Waals surface area contributed by atoms with Crippen molar-refractivity contribution in [3.63, 3.8) is 0 Å². The van der Waals surface area contributed by atoms with E-state index in [0.717, 1.165) is 5.56 Å². The normalized spacial score (nSPS) is 10.7. The van der Waals surface area contributed by atoms with Crippen LogP contribution in [-0.2, 0) is 16.0 Å². The van der Waals surface area contributed by atoms with E-state index in [0.29, 0.717) is 11.3 Å². The lowest BCUT2D eigenvalue weighted by atomic mass is 10.0. The highest BCUT2D eigenvalue weighted by molar-refractivity contribution is 5.87. The Labute approximate surface area is 131 Å². The number of hydrogen-bond acceptors (Lipinski definition) is 5. The van der Waals surface area contributed by atoms with Crippen molar-refractivity contribution in [2.45, 2.75) is 6.42 Å². The zero-order valence-electron chi connectivity index (χ0n) is 12.4. The highest BCUT2D eigenvalue weighted by atomic mass is 16.5. The quantitative estimate of drug-likeness (QED) is 0.753. The Balaban J connectivity index is 2.22. The van der Waals surface area contributed by atoms with Crippen molar-refractivity contribution in [2.24, 2.45) is 0 Å². The molecule has 0 aliphatic rings. The molecule has 3 rings (SSSR count). The molecule has 3 aromatic rings. The van der Waals surface area contributed by atoms with E-state index in [1.54, 1.807) is 0 Å². The van der Waals surface area contributed by atoms with Crippen molar-refractivity contribution in [3.8, 4) is 17.1 Å². The number of phenolic OH excluding ortho intramolecular Hbond substituents is 1. The van der Waals surface area contributed by atoms with Gasteiger partial charge in [-0.2, -0.15) is 0 Å². The number of carbonyl (C=O) groups is 1. The van der Waals surface area contributed by atoms with Crippen LogP contribution in [0.2, 0.25) is 0 Å². The van der Waals surface area contributed by atoms with Crippen LogP contribution in [0, 0.1) is 0 Å². The number of aromatic hydroxyl groups is 1. The lowest BCUT2D eigenvalue weighted by Crippen LogP contribution is -2.09. The molecule has 0 spiro atoms. The molecule has 0 saturated carbocycles. The summed E-state index contributed by atoms with van der Waals surface area (Å²) < 4.78 is 10.4. The Morgan fingerprint density at radius 3 is 2.61 bits per heavy atom. The maximum absolute atomic E-state index is 12.5. The summed E-state index contributed by atoms with van der Waals surface area (Å²) in [6, 6.07) is 13.3. The Morgan fingerprint density at radius 1 is 1.17 bits per heavy atom. The molecule has 0 fully saturated rings. The lowest BCUT2D eigenvalue weighted by molar-refractivity contribution is -0.139. The minimum Gasteiger partial charge on any atom is -0.508 e. The average Bonchev–Trinajstić information content (AvgIpc) is 2.54. The Morgan fingerprint density at radius 2 is 1.91 bits per heavy atom. The first-order chi connectivity index (χ1) is 11.1. The smallest absolute Gasteiger partial charge is 0.310 e. The van der Waals surface area contributed by atoms with Gasteiger partial charge in [0.1, 0.15) is 17.1 Å². The van der Waals surface area contributed by atoms with Gasteiger partial charge in [-0.15, -0.1) is 0 Å². The summed E-state index contributed by atoms with van der Waals surface area (Å²) in [5.41, 5.74) is 1.09. The van der Waals surface area contributed by atoms with E-state index in [1.165, 1.54) is 25.3 Å². The maximum Gasteiger partial charge on any atom is 0.310 e. The van der Waals surface area contributed by atoms with Crippen molar-refractivity contribution >= 4 is 16.9 Å². The van der Waals surface area contributed by atoms with Crippen LogP contribution >= 0.6 is 0 Å². The van der Waals surface area contributed by atoms with Gasteiger partial charge in [0.25, 0.3) is 0 Å². The third-order valence-electron chi connectivity index (χ3n) is 3.52. The second kappa shape index (κ2) is 5.96. The molecule has 0 saturated heterocycles. The molecule has 0 radical (unpaired) electrons. The molecule has 0 bridgehead atoms. The van der Waals surface area contributed by atoms with Gasteiger partial charge < -0.3 is 14.3 Å². The van der Waals surface area contributed by atoms with Gasteiger partial charge in [-0.25, -0.2) is 0 Å². The van der Waals surface area contributed by atoms with E-state index in [4.69, 9.17) is 4.42 Å². The topological polar surface area (TPSA) is 76.7 Å². The molecule has 5 nitrogen and oxygen atoms in total. The molecule has 0 aliphatic heterocycles. The van der Waals surface area contributed by atoms with Crippen LogP contribution in [0.15, 0.2) is 57.7 Å². The summed E-state index contributed by atoms with van der Waals surface area (Å²) in [4.78, 5) is 24.0. The summed E-state index contributed by atoms with van der Waals surface area (Å²) in [6.07, 6.45) is -0.114. The van der Waals surface area contributed by atoms with Crippen molar-refractivity contribution in [2.75, 3.05) is 7.11 Å². The van der Waals surface area contributed by atoms with E-state index in [1.807, 2.05) is 30.3 Å². The molecule has 1 N–H and O–H groups in total. The van der Waals surface area contributed by atoms with E-state index in [2.05, 4.69) is 4.74 Å². The second-order valence-electron chi connectivity index (χ2n) is 5.07.